The van der Waals surface area contributed by atoms with Crippen molar-refractivity contribution in [2.24, 2.45) is 7.05 Å². The highest BCUT2D eigenvalue weighted by molar-refractivity contribution is 5.87. The molecule has 0 spiro atoms. The fourth-order valence-electron chi connectivity index (χ4n) is 2.79. The van der Waals surface area contributed by atoms with Crippen molar-refractivity contribution in [3.8, 4) is 11.3 Å². The number of aromatic carboxylic acids is 1. The molecule has 0 bridgehead atoms. The molecule has 0 amide bonds. The molecule has 1 aromatic heterocycles. The molecule has 1 N–H and O–H groups in total. The van der Waals surface area contributed by atoms with Gasteiger partial charge < -0.3 is 5.11 Å². The van der Waals surface area contributed by atoms with Crippen molar-refractivity contribution >= 4 is 5.97 Å². The van der Waals surface area contributed by atoms with Crippen molar-refractivity contribution in [2.75, 3.05) is 0 Å². The monoisotopic (exact) mass is 285 g/mol. The Labute approximate surface area is 123 Å². The summed E-state index contributed by atoms with van der Waals surface area (Å²) < 4.78 is 1.63. The molecule has 0 fully saturated rings. The van der Waals surface area contributed by atoms with Crippen LogP contribution in [0.3, 0.4) is 0 Å². The summed E-state index contributed by atoms with van der Waals surface area (Å²) in [4.78, 5) is 13.4. The summed E-state index contributed by atoms with van der Waals surface area (Å²) in [6.07, 6.45) is 0. The maximum absolute atomic E-state index is 11.0. The van der Waals surface area contributed by atoms with Gasteiger partial charge in [-0.3, -0.25) is 9.58 Å². The third-order valence-corrected chi connectivity index (χ3v) is 4.08. The van der Waals surface area contributed by atoms with Gasteiger partial charge in [0.1, 0.15) is 0 Å². The maximum Gasteiger partial charge on any atom is 0.356 e. The van der Waals surface area contributed by atoms with E-state index < -0.39 is 5.97 Å². The van der Waals surface area contributed by atoms with Crippen LogP contribution in [0, 0.1) is 0 Å². The van der Waals surface area contributed by atoms with Crippen LogP contribution in [0.1, 0.15) is 35.5 Å². The minimum absolute atomic E-state index is 0.0804. The van der Waals surface area contributed by atoms with Gasteiger partial charge in [-0.25, -0.2) is 4.79 Å². The fourth-order valence-corrected chi connectivity index (χ4v) is 2.79. The van der Waals surface area contributed by atoms with Crippen molar-refractivity contribution in [1.29, 1.82) is 0 Å². The first-order chi connectivity index (χ1) is 9.95. The lowest BCUT2D eigenvalue weighted by Crippen LogP contribution is -2.24. The van der Waals surface area contributed by atoms with Gasteiger partial charge in [0, 0.05) is 31.7 Å². The molecular formula is C16H19N3O2. The molecule has 0 saturated carbocycles. The van der Waals surface area contributed by atoms with Crippen LogP contribution in [-0.4, -0.2) is 31.8 Å². The second kappa shape index (κ2) is 5.00. The fraction of sp³-hybridized carbons (Fsp3) is 0.375. The Morgan fingerprint density at radius 2 is 1.95 bits per heavy atom. The van der Waals surface area contributed by atoms with E-state index in [0.717, 1.165) is 24.3 Å². The summed E-state index contributed by atoms with van der Waals surface area (Å²) >= 11 is 0. The van der Waals surface area contributed by atoms with Gasteiger partial charge in [-0.1, -0.05) is 12.1 Å². The Morgan fingerprint density at radius 1 is 1.24 bits per heavy atom. The second-order valence-corrected chi connectivity index (χ2v) is 5.83. The Balaban J connectivity index is 1.96. The van der Waals surface area contributed by atoms with Crippen molar-refractivity contribution in [3.63, 3.8) is 0 Å². The quantitative estimate of drug-likeness (QED) is 0.941. The predicted molar refractivity (Wildman–Crippen MR) is 80.0 cm³/mol. The van der Waals surface area contributed by atoms with E-state index in [9.17, 15) is 4.79 Å². The third kappa shape index (κ3) is 2.45. The average molecular weight is 285 g/mol. The topological polar surface area (TPSA) is 58.4 Å². The van der Waals surface area contributed by atoms with Gasteiger partial charge in [-0.2, -0.15) is 5.10 Å². The highest BCUT2D eigenvalue weighted by atomic mass is 16.4. The molecule has 110 valence electrons. The molecule has 3 rings (SSSR count). The number of aryl methyl sites for hydroxylation is 1. The molecule has 5 heteroatoms. The highest BCUT2D eigenvalue weighted by Crippen LogP contribution is 2.29. The zero-order valence-electron chi connectivity index (χ0n) is 12.5. The van der Waals surface area contributed by atoms with Gasteiger partial charge in [-0.15, -0.1) is 0 Å². The summed E-state index contributed by atoms with van der Waals surface area (Å²) in [6.45, 7) is 6.34. The van der Waals surface area contributed by atoms with Gasteiger partial charge in [0.2, 0.25) is 0 Å². The molecule has 0 unspecified atom stereocenters. The van der Waals surface area contributed by atoms with Gasteiger partial charge in [-0.05, 0) is 37.1 Å². The minimum Gasteiger partial charge on any atom is -0.476 e. The van der Waals surface area contributed by atoms with Gasteiger partial charge in [0.25, 0.3) is 0 Å². The Bertz CT molecular complexity index is 704. The highest BCUT2D eigenvalue weighted by Gasteiger charge is 2.22. The summed E-state index contributed by atoms with van der Waals surface area (Å²) in [5, 5.41) is 13.1. The predicted octanol–water partition coefficient (Wildman–Crippen LogP) is 2.51. The van der Waals surface area contributed by atoms with Gasteiger partial charge in [0.05, 0.1) is 5.69 Å². The first-order valence-corrected chi connectivity index (χ1v) is 7.09. The SMILES string of the molecule is CC(C)N1Cc2ccc(-c3cc(C(=O)O)nn3C)cc2C1. The number of aromatic nitrogens is 2. The third-order valence-electron chi connectivity index (χ3n) is 4.08. The van der Waals surface area contributed by atoms with Crippen molar-refractivity contribution in [1.82, 2.24) is 14.7 Å². The maximum atomic E-state index is 11.0. The van der Waals surface area contributed by atoms with E-state index in [1.807, 2.05) is 6.07 Å². The molecule has 1 aromatic carbocycles. The van der Waals surface area contributed by atoms with Crippen LogP contribution in [0.4, 0.5) is 0 Å². The normalized spacial score (nSPS) is 14.7. The summed E-state index contributed by atoms with van der Waals surface area (Å²) in [6, 6.07) is 8.49. The molecule has 0 aliphatic carbocycles. The second-order valence-electron chi connectivity index (χ2n) is 5.83. The molecule has 0 radical (unpaired) electrons. The standard InChI is InChI=1S/C16H19N3O2/c1-10(2)19-8-12-5-4-11(6-13(12)9-19)15-7-14(16(20)21)17-18(15)3/h4-7,10H,8-9H2,1-3H3,(H,20,21). The first kappa shape index (κ1) is 13.8. The van der Waals surface area contributed by atoms with Gasteiger partial charge in [0.15, 0.2) is 5.69 Å². The molecule has 2 aromatic rings. The van der Waals surface area contributed by atoms with E-state index in [2.05, 4.69) is 36.0 Å². The zero-order valence-corrected chi connectivity index (χ0v) is 12.5. The average Bonchev–Trinajstić information content (AvgIpc) is 3.01. The number of nitrogens with zero attached hydrogens (tertiary/aromatic N) is 3. The summed E-state index contributed by atoms with van der Waals surface area (Å²) in [5.41, 5.74) is 4.60. The van der Waals surface area contributed by atoms with E-state index in [1.165, 1.54) is 11.1 Å². The number of hydrogen-bond acceptors (Lipinski definition) is 3. The van der Waals surface area contributed by atoms with Crippen molar-refractivity contribution in [3.05, 3.63) is 41.1 Å². The smallest absolute Gasteiger partial charge is 0.356 e. The van der Waals surface area contributed by atoms with Crippen LogP contribution < -0.4 is 0 Å². The summed E-state index contributed by atoms with van der Waals surface area (Å²) in [7, 11) is 1.77. The van der Waals surface area contributed by atoms with Gasteiger partial charge >= 0.3 is 5.97 Å². The minimum atomic E-state index is -0.996. The number of carboxylic acids is 1. The van der Waals surface area contributed by atoms with E-state index in [-0.39, 0.29) is 5.69 Å². The van der Waals surface area contributed by atoms with E-state index >= 15 is 0 Å². The van der Waals surface area contributed by atoms with Crippen molar-refractivity contribution < 1.29 is 9.90 Å². The molecular weight excluding hydrogens is 266 g/mol. The molecule has 1 aliphatic heterocycles. The Kier molecular flexibility index (Phi) is 3.29. The Hall–Kier alpha value is -2.14. The van der Waals surface area contributed by atoms with Crippen LogP contribution in [0.15, 0.2) is 24.3 Å². The van der Waals surface area contributed by atoms with Crippen LogP contribution in [-0.2, 0) is 20.1 Å². The number of rotatable bonds is 3. The van der Waals surface area contributed by atoms with Crippen LogP contribution in [0.25, 0.3) is 11.3 Å². The number of carbonyl (C=O) groups is 1. The lowest BCUT2D eigenvalue weighted by molar-refractivity contribution is 0.0689. The molecule has 1 aliphatic rings. The number of benzene rings is 1. The molecule has 0 saturated heterocycles. The number of carboxylic acid groups (broad SMARTS) is 1. The zero-order chi connectivity index (χ0) is 15.1. The molecule has 21 heavy (non-hydrogen) atoms. The molecule has 2 heterocycles. The number of fused-ring (bicyclic) bond motifs is 1. The molecule has 0 atom stereocenters. The lowest BCUT2D eigenvalue weighted by atomic mass is 10.0. The Morgan fingerprint density at radius 3 is 2.57 bits per heavy atom. The van der Waals surface area contributed by atoms with E-state index in [1.54, 1.807) is 17.8 Å². The number of hydrogen-bond donors (Lipinski definition) is 1. The van der Waals surface area contributed by atoms with Crippen LogP contribution in [0.2, 0.25) is 0 Å². The largest absolute Gasteiger partial charge is 0.476 e. The van der Waals surface area contributed by atoms with E-state index in [0.29, 0.717) is 6.04 Å². The van der Waals surface area contributed by atoms with Crippen LogP contribution >= 0.6 is 0 Å². The van der Waals surface area contributed by atoms with E-state index in [4.69, 9.17) is 5.11 Å². The first-order valence-electron chi connectivity index (χ1n) is 7.09. The van der Waals surface area contributed by atoms with Crippen LogP contribution in [0.5, 0.6) is 0 Å². The molecule has 5 nitrogen and oxygen atoms in total. The lowest BCUT2D eigenvalue weighted by Gasteiger charge is -2.18. The van der Waals surface area contributed by atoms with Crippen molar-refractivity contribution in [2.45, 2.75) is 33.0 Å². The summed E-state index contributed by atoms with van der Waals surface area (Å²) in [5.74, 6) is -0.996.